The molecule has 1 aromatic rings. The molecule has 0 saturated heterocycles. The molecule has 0 aliphatic heterocycles. The van der Waals surface area contributed by atoms with Crippen LogP contribution in [0.5, 0.6) is 0 Å². The van der Waals surface area contributed by atoms with Crippen molar-refractivity contribution in [2.24, 2.45) is 4.99 Å². The second kappa shape index (κ2) is 8.88. The van der Waals surface area contributed by atoms with Crippen molar-refractivity contribution < 1.29 is 4.79 Å². The Morgan fingerprint density at radius 1 is 1.28 bits per heavy atom. The first-order chi connectivity index (χ1) is 12.0. The molecule has 0 aromatic heterocycles. The fourth-order valence-corrected chi connectivity index (χ4v) is 2.99. The average Bonchev–Trinajstić information content (AvgIpc) is 2.58. The summed E-state index contributed by atoms with van der Waals surface area (Å²) in [6, 6.07) is 11.0. The molecule has 1 saturated carbocycles. The molecule has 1 unspecified atom stereocenters. The maximum atomic E-state index is 11.9. The summed E-state index contributed by atoms with van der Waals surface area (Å²) in [4.78, 5) is 17.9. The largest absolute Gasteiger partial charge is 0.355 e. The van der Waals surface area contributed by atoms with Gasteiger partial charge in [0.2, 0.25) is 5.91 Å². The molecule has 0 bridgehead atoms. The SMILES string of the molecule is CCC(C)NC(=NCC(=O)N(C)C)NCC1(c2ccccc2)CCC1. The average molecular weight is 345 g/mol. The number of amides is 1. The molecule has 2 N–H and O–H groups in total. The van der Waals surface area contributed by atoms with E-state index in [1.165, 1.54) is 24.8 Å². The van der Waals surface area contributed by atoms with Crippen LogP contribution in [0.25, 0.3) is 0 Å². The number of hydrogen-bond donors (Lipinski definition) is 2. The summed E-state index contributed by atoms with van der Waals surface area (Å²) < 4.78 is 0. The normalized spacial score (nSPS) is 17.4. The molecule has 0 radical (unpaired) electrons. The number of carbonyl (C=O) groups is 1. The zero-order valence-corrected chi connectivity index (χ0v) is 16.0. The Balaban J connectivity index is 2.05. The van der Waals surface area contributed by atoms with E-state index in [9.17, 15) is 4.79 Å². The third kappa shape index (κ3) is 5.21. The first-order valence-electron chi connectivity index (χ1n) is 9.27. The molecule has 25 heavy (non-hydrogen) atoms. The van der Waals surface area contributed by atoms with Gasteiger partial charge in [0.25, 0.3) is 0 Å². The molecule has 0 spiro atoms. The van der Waals surface area contributed by atoms with E-state index < -0.39 is 0 Å². The number of benzene rings is 1. The summed E-state index contributed by atoms with van der Waals surface area (Å²) >= 11 is 0. The van der Waals surface area contributed by atoms with Gasteiger partial charge in [-0.3, -0.25) is 4.79 Å². The third-order valence-electron chi connectivity index (χ3n) is 5.16. The van der Waals surface area contributed by atoms with Gasteiger partial charge in [-0.15, -0.1) is 0 Å². The van der Waals surface area contributed by atoms with Gasteiger partial charge in [0.15, 0.2) is 5.96 Å². The molecular formula is C20H32N4O. The number of carbonyl (C=O) groups excluding carboxylic acids is 1. The lowest BCUT2D eigenvalue weighted by molar-refractivity contribution is -0.127. The lowest BCUT2D eigenvalue weighted by Gasteiger charge is -2.43. The minimum atomic E-state index is 0.00617. The Labute approximate surface area is 151 Å². The molecule has 1 atom stereocenters. The number of nitrogens with zero attached hydrogens (tertiary/aromatic N) is 2. The van der Waals surface area contributed by atoms with Crippen LogP contribution in [0.1, 0.15) is 45.1 Å². The van der Waals surface area contributed by atoms with Crippen molar-refractivity contribution in [3.8, 4) is 0 Å². The first-order valence-corrected chi connectivity index (χ1v) is 9.27. The molecule has 1 amide bonds. The minimum absolute atomic E-state index is 0.00617. The number of hydrogen-bond acceptors (Lipinski definition) is 2. The Hall–Kier alpha value is -2.04. The summed E-state index contributed by atoms with van der Waals surface area (Å²) in [6.45, 7) is 5.27. The van der Waals surface area contributed by atoms with Gasteiger partial charge in [0, 0.05) is 32.1 Å². The molecule has 5 nitrogen and oxygen atoms in total. The zero-order chi connectivity index (χ0) is 18.3. The highest BCUT2D eigenvalue weighted by molar-refractivity contribution is 5.85. The Morgan fingerprint density at radius 2 is 1.96 bits per heavy atom. The quantitative estimate of drug-likeness (QED) is 0.590. The van der Waals surface area contributed by atoms with Crippen LogP contribution in [0, 0.1) is 0 Å². The van der Waals surface area contributed by atoms with Gasteiger partial charge in [-0.05, 0) is 31.7 Å². The zero-order valence-electron chi connectivity index (χ0n) is 16.0. The molecule has 1 aliphatic rings. The molecule has 1 aromatic carbocycles. The number of nitrogens with one attached hydrogen (secondary N) is 2. The number of likely N-dealkylation sites (N-methyl/N-ethyl adjacent to an activating group) is 1. The lowest BCUT2D eigenvalue weighted by Crippen LogP contribution is -2.50. The van der Waals surface area contributed by atoms with E-state index in [2.05, 4.69) is 59.8 Å². The summed E-state index contributed by atoms with van der Waals surface area (Å²) in [5, 5.41) is 6.89. The number of rotatable bonds is 7. The van der Waals surface area contributed by atoms with Crippen molar-refractivity contribution in [1.29, 1.82) is 0 Å². The molecule has 5 heteroatoms. The molecule has 138 valence electrons. The maximum Gasteiger partial charge on any atom is 0.243 e. The van der Waals surface area contributed by atoms with Crippen molar-refractivity contribution in [3.63, 3.8) is 0 Å². The summed E-state index contributed by atoms with van der Waals surface area (Å²) in [5.74, 6) is 0.735. The fraction of sp³-hybridized carbons (Fsp3) is 0.600. The monoisotopic (exact) mass is 344 g/mol. The van der Waals surface area contributed by atoms with Crippen LogP contribution in [0.3, 0.4) is 0 Å². The minimum Gasteiger partial charge on any atom is -0.355 e. The van der Waals surface area contributed by atoms with Crippen LogP contribution >= 0.6 is 0 Å². The van der Waals surface area contributed by atoms with Crippen LogP contribution in [-0.2, 0) is 10.2 Å². The van der Waals surface area contributed by atoms with Gasteiger partial charge in [-0.25, -0.2) is 4.99 Å². The number of aliphatic imine (C=N–C) groups is 1. The van der Waals surface area contributed by atoms with E-state index in [1.54, 1.807) is 19.0 Å². The van der Waals surface area contributed by atoms with Gasteiger partial charge >= 0.3 is 0 Å². The maximum absolute atomic E-state index is 11.9. The van der Waals surface area contributed by atoms with E-state index in [1.807, 2.05) is 0 Å². The predicted molar refractivity (Wildman–Crippen MR) is 104 cm³/mol. The Morgan fingerprint density at radius 3 is 2.48 bits per heavy atom. The molecular weight excluding hydrogens is 312 g/mol. The van der Waals surface area contributed by atoms with Crippen LogP contribution in [0.4, 0.5) is 0 Å². The smallest absolute Gasteiger partial charge is 0.243 e. The first kappa shape index (κ1) is 19.3. The van der Waals surface area contributed by atoms with Crippen molar-refractivity contribution in [3.05, 3.63) is 35.9 Å². The van der Waals surface area contributed by atoms with E-state index in [4.69, 9.17) is 0 Å². The van der Waals surface area contributed by atoms with E-state index in [-0.39, 0.29) is 17.9 Å². The Kier molecular flexibility index (Phi) is 6.85. The van der Waals surface area contributed by atoms with Gasteiger partial charge in [0.05, 0.1) is 0 Å². The van der Waals surface area contributed by atoms with E-state index >= 15 is 0 Å². The molecule has 1 aliphatic carbocycles. The summed E-state index contributed by atoms with van der Waals surface area (Å²) in [6.07, 6.45) is 4.65. The van der Waals surface area contributed by atoms with Crippen LogP contribution in [0.2, 0.25) is 0 Å². The van der Waals surface area contributed by atoms with E-state index in [0.717, 1.165) is 18.9 Å². The predicted octanol–water partition coefficient (Wildman–Crippen LogP) is 2.53. The van der Waals surface area contributed by atoms with Gasteiger partial charge in [-0.2, -0.15) is 0 Å². The molecule has 2 rings (SSSR count). The van der Waals surface area contributed by atoms with Gasteiger partial charge < -0.3 is 15.5 Å². The summed E-state index contributed by atoms with van der Waals surface area (Å²) in [5.41, 5.74) is 1.58. The van der Waals surface area contributed by atoms with Crippen molar-refractivity contribution in [1.82, 2.24) is 15.5 Å². The second-order valence-corrected chi connectivity index (χ2v) is 7.26. The van der Waals surface area contributed by atoms with Crippen LogP contribution < -0.4 is 10.6 Å². The fourth-order valence-electron chi connectivity index (χ4n) is 2.99. The second-order valence-electron chi connectivity index (χ2n) is 7.26. The number of guanidine groups is 1. The highest BCUT2D eigenvalue weighted by Crippen LogP contribution is 2.43. The molecule has 1 fully saturated rings. The lowest BCUT2D eigenvalue weighted by atomic mass is 9.64. The third-order valence-corrected chi connectivity index (χ3v) is 5.16. The van der Waals surface area contributed by atoms with Crippen molar-refractivity contribution >= 4 is 11.9 Å². The van der Waals surface area contributed by atoms with Gasteiger partial charge in [0.1, 0.15) is 6.54 Å². The highest BCUT2D eigenvalue weighted by atomic mass is 16.2. The van der Waals surface area contributed by atoms with Gasteiger partial charge in [-0.1, -0.05) is 43.7 Å². The highest BCUT2D eigenvalue weighted by Gasteiger charge is 2.38. The summed E-state index contributed by atoms with van der Waals surface area (Å²) in [7, 11) is 3.51. The Bertz CT molecular complexity index is 579. The van der Waals surface area contributed by atoms with Crippen LogP contribution in [0.15, 0.2) is 35.3 Å². The van der Waals surface area contributed by atoms with Crippen molar-refractivity contribution in [2.45, 2.75) is 51.0 Å². The standard InChI is InChI=1S/C20H32N4O/c1-5-16(2)23-19(21-14-18(25)24(3)4)22-15-20(12-9-13-20)17-10-7-6-8-11-17/h6-8,10-11,16H,5,9,12-15H2,1-4H3,(H2,21,22,23). The van der Waals surface area contributed by atoms with Crippen LogP contribution in [-0.4, -0.2) is 50.0 Å². The molecule has 0 heterocycles. The van der Waals surface area contributed by atoms with E-state index in [0.29, 0.717) is 6.04 Å². The topological polar surface area (TPSA) is 56.7 Å². The van der Waals surface area contributed by atoms with Crippen molar-refractivity contribution in [2.75, 3.05) is 27.2 Å².